The molecule has 2 amide bonds. The fraction of sp³-hybridized carbons (Fsp3) is 0.533. The van der Waals surface area contributed by atoms with Crippen LogP contribution in [-0.2, 0) is 24.3 Å². The van der Waals surface area contributed by atoms with Gasteiger partial charge in [-0.3, -0.25) is 0 Å². The van der Waals surface area contributed by atoms with Crippen molar-refractivity contribution in [3.8, 4) is 6.07 Å². The van der Waals surface area contributed by atoms with E-state index < -0.39 is 0 Å². The van der Waals surface area contributed by atoms with Gasteiger partial charge in [0.15, 0.2) is 0 Å². The van der Waals surface area contributed by atoms with Crippen molar-refractivity contribution in [2.75, 3.05) is 24.5 Å². The first-order valence-electron chi connectivity index (χ1n) is 13.3. The van der Waals surface area contributed by atoms with Crippen molar-refractivity contribution in [2.45, 2.75) is 77.7 Å². The molecular weight excluding hydrogens is 448 g/mol. The molecule has 1 saturated heterocycles. The molecule has 2 fully saturated rings. The van der Waals surface area contributed by atoms with Crippen molar-refractivity contribution < 1.29 is 9.53 Å². The summed E-state index contributed by atoms with van der Waals surface area (Å²) < 4.78 is 6.16. The van der Waals surface area contributed by atoms with Crippen LogP contribution in [-0.4, -0.2) is 42.2 Å². The van der Waals surface area contributed by atoms with E-state index in [9.17, 15) is 10.1 Å². The number of anilines is 1. The third kappa shape index (κ3) is 4.95. The van der Waals surface area contributed by atoms with Crippen LogP contribution < -0.4 is 10.2 Å². The number of carbonyl (C=O) groups is 1. The highest BCUT2D eigenvalue weighted by Gasteiger charge is 2.38. The average molecular weight is 487 g/mol. The van der Waals surface area contributed by atoms with E-state index in [1.54, 1.807) is 0 Å². The summed E-state index contributed by atoms with van der Waals surface area (Å²) in [7, 11) is 0. The summed E-state index contributed by atoms with van der Waals surface area (Å²) in [6.45, 7) is 11.8. The lowest BCUT2D eigenvalue weighted by Gasteiger charge is -2.45. The summed E-state index contributed by atoms with van der Waals surface area (Å²) in [6, 6.07) is 14.9. The molecule has 2 aromatic carbocycles. The number of piperazine rings is 1. The van der Waals surface area contributed by atoms with Crippen LogP contribution in [0.3, 0.4) is 0 Å². The second kappa shape index (κ2) is 9.78. The Morgan fingerprint density at radius 1 is 1.19 bits per heavy atom. The maximum atomic E-state index is 13.2. The lowest BCUT2D eigenvalue weighted by molar-refractivity contribution is -0.0405. The van der Waals surface area contributed by atoms with Crippen LogP contribution in [0.4, 0.5) is 10.5 Å². The third-order valence-corrected chi connectivity index (χ3v) is 7.98. The average Bonchev–Trinajstić information content (AvgIpc) is 3.71. The summed E-state index contributed by atoms with van der Waals surface area (Å²) in [6.07, 6.45) is 3.19. The Kier molecular flexibility index (Phi) is 6.70. The molecule has 0 spiro atoms. The van der Waals surface area contributed by atoms with Crippen LogP contribution >= 0.6 is 0 Å². The lowest BCUT2D eigenvalue weighted by Crippen LogP contribution is -2.59. The van der Waals surface area contributed by atoms with Gasteiger partial charge in [-0.05, 0) is 66.8 Å². The number of ether oxygens (including phenoxy) is 1. The van der Waals surface area contributed by atoms with E-state index in [1.807, 2.05) is 35.2 Å². The molecule has 2 aliphatic heterocycles. The molecule has 5 rings (SSSR count). The van der Waals surface area contributed by atoms with Crippen molar-refractivity contribution >= 4 is 11.7 Å². The number of nitrogens with one attached hydrogen (secondary N) is 1. The normalized spacial score (nSPS) is 21.2. The van der Waals surface area contributed by atoms with E-state index in [0.717, 1.165) is 36.3 Å². The predicted octanol–water partition coefficient (Wildman–Crippen LogP) is 5.34. The molecule has 1 aliphatic carbocycles. The second-order valence-electron chi connectivity index (χ2n) is 11.5. The van der Waals surface area contributed by atoms with Gasteiger partial charge in [0.1, 0.15) is 6.07 Å². The molecule has 6 nitrogen and oxygen atoms in total. The Morgan fingerprint density at radius 2 is 1.94 bits per heavy atom. The number of fused-ring (bicyclic) bond motifs is 1. The molecule has 1 N–H and O–H groups in total. The molecule has 36 heavy (non-hydrogen) atoms. The number of hydrogen-bond donors (Lipinski definition) is 1. The maximum absolute atomic E-state index is 13.2. The molecule has 1 saturated carbocycles. The Labute approximate surface area is 215 Å². The first-order valence-corrected chi connectivity index (χ1v) is 13.3. The molecule has 2 aromatic rings. The quantitative estimate of drug-likeness (QED) is 0.619. The molecule has 0 aromatic heterocycles. The van der Waals surface area contributed by atoms with Crippen LogP contribution in [0.2, 0.25) is 0 Å². The summed E-state index contributed by atoms with van der Waals surface area (Å²) in [5.74, 6) is 0.884. The maximum Gasteiger partial charge on any atom is 0.318 e. The van der Waals surface area contributed by atoms with E-state index in [4.69, 9.17) is 4.74 Å². The highest BCUT2D eigenvalue weighted by Crippen LogP contribution is 2.47. The lowest BCUT2D eigenvalue weighted by atomic mass is 9.83. The standard InChI is InChI=1S/C30H38N4O2/c1-20(2)28-18-33(12-13-34(28)29(35)32-17-21-8-6-5-7-9-21)27-14-23(22-10-11-22)26-19-36-30(3,4)15-24(26)25(27)16-31/h5-9,14,20,22,28H,10-13,15,17-19H2,1-4H3,(H,32,35)/t28-/m0/s1. The Morgan fingerprint density at radius 3 is 2.61 bits per heavy atom. The largest absolute Gasteiger partial charge is 0.371 e. The second-order valence-corrected chi connectivity index (χ2v) is 11.5. The summed E-state index contributed by atoms with van der Waals surface area (Å²) in [5, 5.41) is 13.4. The monoisotopic (exact) mass is 486 g/mol. The summed E-state index contributed by atoms with van der Waals surface area (Å²) >= 11 is 0. The van der Waals surface area contributed by atoms with E-state index in [-0.39, 0.29) is 17.7 Å². The number of hydrogen-bond acceptors (Lipinski definition) is 4. The first kappa shape index (κ1) is 24.6. The summed E-state index contributed by atoms with van der Waals surface area (Å²) in [4.78, 5) is 17.6. The van der Waals surface area contributed by atoms with Crippen molar-refractivity contribution in [3.63, 3.8) is 0 Å². The molecule has 2 heterocycles. The van der Waals surface area contributed by atoms with Crippen molar-refractivity contribution in [3.05, 3.63) is 64.2 Å². The Balaban J connectivity index is 1.40. The van der Waals surface area contributed by atoms with Crippen LogP contribution in [0, 0.1) is 17.2 Å². The van der Waals surface area contributed by atoms with E-state index in [1.165, 1.54) is 29.5 Å². The molecule has 0 bridgehead atoms. The van der Waals surface area contributed by atoms with Gasteiger partial charge < -0.3 is 19.9 Å². The number of amides is 2. The van der Waals surface area contributed by atoms with Crippen molar-refractivity contribution in [1.29, 1.82) is 5.26 Å². The van der Waals surface area contributed by atoms with Crippen LogP contribution in [0.1, 0.15) is 74.3 Å². The molecule has 0 unspecified atom stereocenters. The molecule has 190 valence electrons. The van der Waals surface area contributed by atoms with Crippen molar-refractivity contribution in [2.24, 2.45) is 5.92 Å². The highest BCUT2D eigenvalue weighted by atomic mass is 16.5. The number of carbonyl (C=O) groups excluding carboxylic acids is 1. The zero-order valence-electron chi connectivity index (χ0n) is 22.0. The fourth-order valence-electron chi connectivity index (χ4n) is 5.76. The zero-order chi connectivity index (χ0) is 25.4. The molecule has 6 heteroatoms. The summed E-state index contributed by atoms with van der Waals surface area (Å²) in [5.41, 5.74) is 6.47. The number of urea groups is 1. The van der Waals surface area contributed by atoms with E-state index in [2.05, 4.69) is 50.0 Å². The topological polar surface area (TPSA) is 68.6 Å². The van der Waals surface area contributed by atoms with Crippen LogP contribution in [0.25, 0.3) is 0 Å². The van der Waals surface area contributed by atoms with Gasteiger partial charge in [0.25, 0.3) is 0 Å². The Bertz CT molecular complexity index is 1160. The molecule has 3 aliphatic rings. The van der Waals surface area contributed by atoms with Gasteiger partial charge in [0.05, 0.1) is 29.5 Å². The van der Waals surface area contributed by atoms with Gasteiger partial charge in [0, 0.05) is 32.6 Å². The Hall–Kier alpha value is -3.04. The van der Waals surface area contributed by atoms with Gasteiger partial charge in [-0.1, -0.05) is 44.2 Å². The molecular formula is C30H38N4O2. The van der Waals surface area contributed by atoms with Crippen LogP contribution in [0.5, 0.6) is 0 Å². The predicted molar refractivity (Wildman–Crippen MR) is 142 cm³/mol. The van der Waals surface area contributed by atoms with Gasteiger partial charge in [-0.25, -0.2) is 4.79 Å². The minimum Gasteiger partial charge on any atom is -0.371 e. The highest BCUT2D eigenvalue weighted by molar-refractivity contribution is 5.75. The zero-order valence-corrected chi connectivity index (χ0v) is 22.0. The SMILES string of the molecule is CC(C)[C@@H]1CN(c2cc(C3CC3)c3c(c2C#N)CC(C)(C)OC3)CCN1C(=O)NCc1ccccc1. The van der Waals surface area contributed by atoms with Gasteiger partial charge in [-0.2, -0.15) is 5.26 Å². The van der Waals surface area contributed by atoms with Crippen LogP contribution in [0.15, 0.2) is 36.4 Å². The smallest absolute Gasteiger partial charge is 0.318 e. The van der Waals surface area contributed by atoms with Gasteiger partial charge in [-0.15, -0.1) is 0 Å². The molecule has 1 atom stereocenters. The van der Waals surface area contributed by atoms with E-state index in [0.29, 0.717) is 31.5 Å². The number of benzene rings is 2. The van der Waals surface area contributed by atoms with Gasteiger partial charge in [0.2, 0.25) is 0 Å². The number of rotatable bonds is 5. The fourth-order valence-corrected chi connectivity index (χ4v) is 5.76. The number of nitrogens with zero attached hydrogens (tertiary/aromatic N) is 3. The first-order chi connectivity index (χ1) is 17.3. The van der Waals surface area contributed by atoms with E-state index >= 15 is 0 Å². The minimum absolute atomic E-state index is 0.0132. The third-order valence-electron chi connectivity index (χ3n) is 7.98. The minimum atomic E-state index is -0.270. The van der Waals surface area contributed by atoms with Gasteiger partial charge >= 0.3 is 6.03 Å². The molecule has 0 radical (unpaired) electrons. The number of nitriles is 1. The van der Waals surface area contributed by atoms with Crippen molar-refractivity contribution in [1.82, 2.24) is 10.2 Å².